The van der Waals surface area contributed by atoms with Crippen molar-refractivity contribution in [3.05, 3.63) is 71.5 Å². The lowest BCUT2D eigenvalue weighted by atomic mass is 9.97. The van der Waals surface area contributed by atoms with E-state index >= 15 is 0 Å². The van der Waals surface area contributed by atoms with Crippen molar-refractivity contribution in [2.24, 2.45) is 5.92 Å². The Morgan fingerprint density at radius 3 is 2.74 bits per heavy atom. The number of imidazole rings is 1. The maximum atomic E-state index is 12.8. The number of aromatic nitrogens is 3. The molecule has 0 radical (unpaired) electrons. The summed E-state index contributed by atoms with van der Waals surface area (Å²) in [7, 11) is 0. The van der Waals surface area contributed by atoms with Crippen molar-refractivity contribution in [3.63, 3.8) is 0 Å². The number of hydrogen-bond acceptors (Lipinski definition) is 7. The third-order valence-electron chi connectivity index (χ3n) is 8.12. The maximum Gasteiger partial charge on any atom is 0.226 e. The molecule has 0 saturated carbocycles. The largest absolute Gasteiger partial charge is 0.381 e. The highest BCUT2D eigenvalue weighted by molar-refractivity contribution is 5.79. The van der Waals surface area contributed by atoms with Gasteiger partial charge in [0.2, 0.25) is 5.91 Å². The molecule has 0 bridgehead atoms. The van der Waals surface area contributed by atoms with Crippen molar-refractivity contribution in [1.29, 1.82) is 0 Å². The summed E-state index contributed by atoms with van der Waals surface area (Å²) in [6, 6.07) is 9.95. The molecular formula is C33H38N4O5. The molecular weight excluding hydrogens is 532 g/mol. The predicted octanol–water partition coefficient (Wildman–Crippen LogP) is 5.13. The van der Waals surface area contributed by atoms with E-state index in [2.05, 4.69) is 28.1 Å². The summed E-state index contributed by atoms with van der Waals surface area (Å²) >= 11 is 0. The van der Waals surface area contributed by atoms with E-state index in [0.29, 0.717) is 32.1 Å². The van der Waals surface area contributed by atoms with Crippen molar-refractivity contribution in [3.8, 4) is 23.2 Å². The minimum absolute atomic E-state index is 0.104. The predicted molar refractivity (Wildman–Crippen MR) is 156 cm³/mol. The Kier molecular flexibility index (Phi) is 9.14. The van der Waals surface area contributed by atoms with Gasteiger partial charge < -0.3 is 28.2 Å². The normalized spacial score (nSPS) is 20.5. The zero-order valence-electron chi connectivity index (χ0n) is 24.2. The van der Waals surface area contributed by atoms with Gasteiger partial charge in [0.05, 0.1) is 6.54 Å². The zero-order chi connectivity index (χ0) is 28.7. The second-order valence-electron chi connectivity index (χ2n) is 11.1. The fourth-order valence-electron chi connectivity index (χ4n) is 5.67. The Hall–Kier alpha value is -3.71. The minimum Gasteiger partial charge on any atom is -0.381 e. The minimum atomic E-state index is -0.189. The van der Waals surface area contributed by atoms with Crippen LogP contribution in [0.25, 0.3) is 11.3 Å². The van der Waals surface area contributed by atoms with Gasteiger partial charge >= 0.3 is 0 Å². The van der Waals surface area contributed by atoms with E-state index in [9.17, 15) is 4.79 Å². The van der Waals surface area contributed by atoms with Crippen LogP contribution in [0.5, 0.6) is 0 Å². The summed E-state index contributed by atoms with van der Waals surface area (Å²) in [5.74, 6) is 8.46. The molecule has 2 saturated heterocycles. The summed E-state index contributed by atoms with van der Waals surface area (Å²) in [6.07, 6.45) is 11.0. The first-order chi connectivity index (χ1) is 20.6. The Morgan fingerprint density at radius 1 is 1.12 bits per heavy atom. The molecule has 3 aliphatic rings. The van der Waals surface area contributed by atoms with Crippen LogP contribution in [0.2, 0.25) is 0 Å². The summed E-state index contributed by atoms with van der Waals surface area (Å²) in [5.41, 5.74) is 3.76. The van der Waals surface area contributed by atoms with Gasteiger partial charge in [0.25, 0.3) is 0 Å². The van der Waals surface area contributed by atoms with Crippen LogP contribution in [0, 0.1) is 17.8 Å². The average Bonchev–Trinajstić information content (AvgIpc) is 3.71. The number of rotatable bonds is 7. The van der Waals surface area contributed by atoms with E-state index in [4.69, 9.17) is 18.7 Å². The molecule has 0 aliphatic carbocycles. The smallest absolute Gasteiger partial charge is 0.226 e. The van der Waals surface area contributed by atoms with Crippen LogP contribution in [0.15, 0.2) is 58.9 Å². The van der Waals surface area contributed by atoms with Gasteiger partial charge in [-0.05, 0) is 69.7 Å². The van der Waals surface area contributed by atoms with Crippen molar-refractivity contribution >= 4 is 5.91 Å². The fraction of sp³-hybridized carbons (Fsp3) is 0.485. The molecule has 220 valence electrons. The number of amides is 1. The zero-order valence-corrected chi connectivity index (χ0v) is 24.2. The number of carbonyl (C=O) groups excluding carboxylic acids is 1. The lowest BCUT2D eigenvalue weighted by Gasteiger charge is -2.30. The first-order valence-corrected chi connectivity index (χ1v) is 15.0. The first kappa shape index (κ1) is 28.4. The van der Waals surface area contributed by atoms with Gasteiger partial charge in [-0.3, -0.25) is 4.79 Å². The second kappa shape index (κ2) is 13.5. The lowest BCUT2D eigenvalue weighted by molar-refractivity contribution is -0.188. The summed E-state index contributed by atoms with van der Waals surface area (Å²) in [4.78, 5) is 19.2. The number of hydrogen-bond donors (Lipinski definition) is 0. The molecule has 5 heterocycles. The fourth-order valence-corrected chi connectivity index (χ4v) is 5.67. The van der Waals surface area contributed by atoms with Crippen LogP contribution >= 0.6 is 0 Å². The standard InChI is InChI=1S/C33H38N4O5/c1-24(41-31-4-2-3-19-40-31)32-34-15-18-37(32)23-29-22-30(42-35-29)27-9-7-25(8-10-27)5-6-26-11-16-36(17-12-26)33(38)28-13-20-39-21-14-28/h7-11,15,18,22,24,28,31H,2-4,12-14,16-17,19-21,23H2,1H3/t24-,31?/m0/s1. The van der Waals surface area contributed by atoms with Crippen LogP contribution in [0.3, 0.4) is 0 Å². The summed E-state index contributed by atoms with van der Waals surface area (Å²) < 4.78 is 24.9. The molecule has 2 aromatic heterocycles. The molecule has 2 fully saturated rings. The molecule has 3 aromatic rings. The van der Waals surface area contributed by atoms with Crippen LogP contribution in [0.1, 0.15) is 68.6 Å². The second-order valence-corrected chi connectivity index (χ2v) is 11.1. The van der Waals surface area contributed by atoms with Gasteiger partial charge in [0.15, 0.2) is 12.1 Å². The van der Waals surface area contributed by atoms with Gasteiger partial charge in [0.1, 0.15) is 17.6 Å². The molecule has 1 aromatic carbocycles. The van der Waals surface area contributed by atoms with Crippen LogP contribution in [0.4, 0.5) is 0 Å². The van der Waals surface area contributed by atoms with E-state index in [1.165, 1.54) is 0 Å². The molecule has 2 atom stereocenters. The van der Waals surface area contributed by atoms with Crippen molar-refractivity contribution in [2.45, 2.75) is 64.4 Å². The highest BCUT2D eigenvalue weighted by atomic mass is 16.7. The quantitative estimate of drug-likeness (QED) is 0.364. The highest BCUT2D eigenvalue weighted by Crippen LogP contribution is 2.25. The SMILES string of the molecule is C[C@H](OC1CCCCO1)c1nccn1Cc1cc(-c2ccc(C#CC3=CCN(C(=O)C4CCOCC4)CC3)cc2)on1. The van der Waals surface area contributed by atoms with Gasteiger partial charge in [-0.25, -0.2) is 4.98 Å². The van der Waals surface area contributed by atoms with Crippen molar-refractivity contribution < 1.29 is 23.5 Å². The van der Waals surface area contributed by atoms with E-state index in [1.54, 1.807) is 6.20 Å². The molecule has 0 spiro atoms. The molecule has 1 amide bonds. The monoisotopic (exact) mass is 570 g/mol. The molecule has 3 aliphatic heterocycles. The lowest BCUT2D eigenvalue weighted by Crippen LogP contribution is -2.40. The van der Waals surface area contributed by atoms with E-state index in [-0.39, 0.29) is 24.2 Å². The van der Waals surface area contributed by atoms with Crippen LogP contribution in [-0.4, -0.2) is 64.7 Å². The number of nitrogens with zero attached hydrogens (tertiary/aromatic N) is 4. The van der Waals surface area contributed by atoms with Gasteiger partial charge in [-0.15, -0.1) is 0 Å². The Labute approximate surface area is 246 Å². The molecule has 1 unspecified atom stereocenters. The first-order valence-electron chi connectivity index (χ1n) is 15.0. The summed E-state index contributed by atoms with van der Waals surface area (Å²) in [6.45, 7) is 6.02. The molecule has 6 rings (SSSR count). The van der Waals surface area contributed by atoms with Crippen molar-refractivity contribution in [1.82, 2.24) is 19.6 Å². The molecule has 9 heteroatoms. The average molecular weight is 571 g/mol. The maximum absolute atomic E-state index is 12.8. The van der Waals surface area contributed by atoms with Crippen LogP contribution < -0.4 is 0 Å². The van der Waals surface area contributed by atoms with E-state index in [1.807, 2.05) is 52.9 Å². The van der Waals surface area contributed by atoms with Crippen LogP contribution in [-0.2, 0) is 25.5 Å². The third kappa shape index (κ3) is 7.01. The molecule has 0 N–H and O–H groups in total. The number of benzene rings is 1. The van der Waals surface area contributed by atoms with E-state index in [0.717, 1.165) is 79.9 Å². The third-order valence-corrected chi connectivity index (χ3v) is 8.12. The summed E-state index contributed by atoms with van der Waals surface area (Å²) in [5, 5.41) is 4.29. The molecule has 42 heavy (non-hydrogen) atoms. The Bertz CT molecular complexity index is 1430. The Morgan fingerprint density at radius 2 is 1.98 bits per heavy atom. The van der Waals surface area contributed by atoms with Crippen molar-refractivity contribution in [2.75, 3.05) is 32.9 Å². The van der Waals surface area contributed by atoms with E-state index < -0.39 is 0 Å². The highest BCUT2D eigenvalue weighted by Gasteiger charge is 2.27. The number of ether oxygens (including phenoxy) is 3. The molecule has 9 nitrogen and oxygen atoms in total. The topological polar surface area (TPSA) is 91.9 Å². The Balaban J connectivity index is 1.03. The van der Waals surface area contributed by atoms with Gasteiger partial charge in [0, 0.05) is 74.0 Å². The number of carbonyl (C=O) groups is 1. The van der Waals surface area contributed by atoms with Gasteiger partial charge in [-0.1, -0.05) is 23.1 Å². The van der Waals surface area contributed by atoms with Gasteiger partial charge in [-0.2, -0.15) is 0 Å².